The molecule has 0 aliphatic heterocycles. The number of carbonyl (C=O) groups excluding carboxylic acids is 2. The summed E-state index contributed by atoms with van der Waals surface area (Å²) in [6.45, 7) is 2.05. The Morgan fingerprint density at radius 3 is 2.33 bits per heavy atom. The van der Waals surface area contributed by atoms with Crippen molar-refractivity contribution in [3.05, 3.63) is 108 Å². The molecule has 1 atom stereocenters. The van der Waals surface area contributed by atoms with Gasteiger partial charge in [-0.1, -0.05) is 24.3 Å². The van der Waals surface area contributed by atoms with E-state index in [-0.39, 0.29) is 18.4 Å². The molecule has 182 valence electrons. The second-order valence-corrected chi connectivity index (χ2v) is 7.92. The summed E-state index contributed by atoms with van der Waals surface area (Å²) in [7, 11) is 0. The van der Waals surface area contributed by atoms with Gasteiger partial charge in [-0.2, -0.15) is 0 Å². The first-order chi connectivity index (χ1) is 17.6. The first-order valence-corrected chi connectivity index (χ1v) is 11.5. The molecular formula is C28H26N4O4. The van der Waals surface area contributed by atoms with Gasteiger partial charge in [0.15, 0.2) is 0 Å². The molecule has 0 unspecified atom stereocenters. The molecule has 8 nitrogen and oxygen atoms in total. The van der Waals surface area contributed by atoms with Crippen LogP contribution in [0.5, 0.6) is 5.88 Å². The molecule has 0 saturated heterocycles. The summed E-state index contributed by atoms with van der Waals surface area (Å²) in [5.74, 6) is -0.186. The zero-order valence-corrected chi connectivity index (χ0v) is 19.7. The van der Waals surface area contributed by atoms with Crippen molar-refractivity contribution in [3.63, 3.8) is 0 Å². The minimum atomic E-state index is -0.683. The van der Waals surface area contributed by atoms with Crippen molar-refractivity contribution in [1.29, 1.82) is 0 Å². The third-order valence-electron chi connectivity index (χ3n) is 5.49. The summed E-state index contributed by atoms with van der Waals surface area (Å²) in [5, 5.41) is 15.6. The topological polar surface area (TPSA) is 113 Å². The Morgan fingerprint density at radius 1 is 0.917 bits per heavy atom. The van der Waals surface area contributed by atoms with E-state index in [1.54, 1.807) is 60.9 Å². The standard InChI is InChI=1S/C28H26N4O4/c1-2-36-26-11-10-24(17-30-26)31-28(35)23-5-3-4-22(16-23)25(18-33)32-27(34)21-8-6-19(7-9-21)20-12-14-29-15-13-20/h3-17,25,33H,2,18H2,1H3,(H,31,35)(H,32,34)/t25-/m1/s1. The minimum absolute atomic E-state index is 0.325. The number of aliphatic hydroxyl groups is 1. The molecule has 0 aliphatic carbocycles. The van der Waals surface area contributed by atoms with E-state index in [4.69, 9.17) is 4.74 Å². The van der Waals surface area contributed by atoms with Crippen LogP contribution in [-0.4, -0.2) is 40.1 Å². The largest absolute Gasteiger partial charge is 0.478 e. The summed E-state index contributed by atoms with van der Waals surface area (Å²) < 4.78 is 5.31. The number of amides is 2. The van der Waals surface area contributed by atoms with Crippen molar-refractivity contribution in [2.45, 2.75) is 13.0 Å². The number of aromatic nitrogens is 2. The van der Waals surface area contributed by atoms with Crippen LogP contribution >= 0.6 is 0 Å². The molecule has 0 bridgehead atoms. The van der Waals surface area contributed by atoms with Gasteiger partial charge in [-0.3, -0.25) is 14.6 Å². The van der Waals surface area contributed by atoms with Crippen LogP contribution in [0.15, 0.2) is 91.4 Å². The Hall–Kier alpha value is -4.56. The predicted octanol–water partition coefficient (Wildman–Crippen LogP) is 4.26. The number of hydrogen-bond acceptors (Lipinski definition) is 6. The monoisotopic (exact) mass is 482 g/mol. The zero-order chi connectivity index (χ0) is 25.3. The normalized spacial score (nSPS) is 11.4. The fraction of sp³-hybridized carbons (Fsp3) is 0.143. The Balaban J connectivity index is 1.43. The van der Waals surface area contributed by atoms with Gasteiger partial charge in [0.05, 0.1) is 31.1 Å². The van der Waals surface area contributed by atoms with Gasteiger partial charge in [0, 0.05) is 29.6 Å². The van der Waals surface area contributed by atoms with E-state index in [9.17, 15) is 14.7 Å². The number of anilines is 1. The van der Waals surface area contributed by atoms with E-state index in [1.165, 1.54) is 6.20 Å². The van der Waals surface area contributed by atoms with Crippen LogP contribution < -0.4 is 15.4 Å². The zero-order valence-electron chi connectivity index (χ0n) is 19.7. The molecule has 2 amide bonds. The highest BCUT2D eigenvalue weighted by molar-refractivity contribution is 6.04. The maximum atomic E-state index is 12.8. The molecule has 0 saturated carbocycles. The predicted molar refractivity (Wildman–Crippen MR) is 137 cm³/mol. The first kappa shape index (κ1) is 24.6. The van der Waals surface area contributed by atoms with Gasteiger partial charge in [-0.15, -0.1) is 0 Å². The van der Waals surface area contributed by atoms with E-state index in [0.29, 0.717) is 34.9 Å². The molecule has 4 aromatic rings. The molecule has 2 heterocycles. The van der Waals surface area contributed by atoms with Gasteiger partial charge in [0.25, 0.3) is 11.8 Å². The molecule has 0 spiro atoms. The first-order valence-electron chi connectivity index (χ1n) is 11.5. The van der Waals surface area contributed by atoms with Crippen LogP contribution in [0, 0.1) is 0 Å². The SMILES string of the molecule is CCOc1ccc(NC(=O)c2cccc([C@@H](CO)NC(=O)c3ccc(-c4ccncc4)cc3)c2)cn1. The van der Waals surface area contributed by atoms with Gasteiger partial charge in [0.1, 0.15) is 0 Å². The van der Waals surface area contributed by atoms with Gasteiger partial charge in [0.2, 0.25) is 5.88 Å². The van der Waals surface area contributed by atoms with Crippen LogP contribution in [0.1, 0.15) is 39.2 Å². The second-order valence-electron chi connectivity index (χ2n) is 7.92. The second kappa shape index (κ2) is 11.7. The number of nitrogens with zero attached hydrogens (tertiary/aromatic N) is 2. The number of ether oxygens (including phenoxy) is 1. The molecule has 0 aliphatic rings. The smallest absolute Gasteiger partial charge is 0.255 e. The van der Waals surface area contributed by atoms with Gasteiger partial charge in [-0.25, -0.2) is 4.98 Å². The van der Waals surface area contributed by atoms with Crippen molar-refractivity contribution in [1.82, 2.24) is 15.3 Å². The maximum absolute atomic E-state index is 12.8. The van der Waals surface area contributed by atoms with E-state index in [1.807, 2.05) is 31.2 Å². The lowest BCUT2D eigenvalue weighted by Gasteiger charge is -2.18. The number of nitrogens with one attached hydrogen (secondary N) is 2. The van der Waals surface area contributed by atoms with E-state index < -0.39 is 6.04 Å². The van der Waals surface area contributed by atoms with Gasteiger partial charge >= 0.3 is 0 Å². The Kier molecular flexibility index (Phi) is 8.00. The number of hydrogen-bond donors (Lipinski definition) is 3. The number of benzene rings is 2. The lowest BCUT2D eigenvalue weighted by molar-refractivity contribution is 0.0916. The van der Waals surface area contributed by atoms with E-state index in [2.05, 4.69) is 20.6 Å². The summed E-state index contributed by atoms with van der Waals surface area (Å²) in [6, 6.07) is 20.4. The number of pyridine rings is 2. The molecule has 4 rings (SSSR count). The molecule has 3 N–H and O–H groups in total. The molecule has 2 aromatic heterocycles. The molecule has 0 radical (unpaired) electrons. The van der Waals surface area contributed by atoms with E-state index >= 15 is 0 Å². The molecule has 8 heteroatoms. The quantitative estimate of drug-likeness (QED) is 0.329. The fourth-order valence-electron chi connectivity index (χ4n) is 3.62. The van der Waals surface area contributed by atoms with Gasteiger partial charge in [-0.05, 0) is 66.1 Å². The van der Waals surface area contributed by atoms with Crippen LogP contribution in [0.25, 0.3) is 11.1 Å². The van der Waals surface area contributed by atoms with Crippen molar-refractivity contribution >= 4 is 17.5 Å². The van der Waals surface area contributed by atoms with E-state index in [0.717, 1.165) is 11.1 Å². The average molecular weight is 483 g/mol. The highest BCUT2D eigenvalue weighted by Gasteiger charge is 2.17. The summed E-state index contributed by atoms with van der Waals surface area (Å²) in [6.07, 6.45) is 4.94. The van der Waals surface area contributed by atoms with Crippen LogP contribution in [0.3, 0.4) is 0 Å². The van der Waals surface area contributed by atoms with Crippen LogP contribution in [0.2, 0.25) is 0 Å². The van der Waals surface area contributed by atoms with Crippen LogP contribution in [0.4, 0.5) is 5.69 Å². The van der Waals surface area contributed by atoms with Crippen molar-refractivity contribution < 1.29 is 19.4 Å². The Labute approximate surface area is 209 Å². The molecule has 2 aromatic carbocycles. The molecule has 0 fully saturated rings. The minimum Gasteiger partial charge on any atom is -0.478 e. The van der Waals surface area contributed by atoms with Crippen molar-refractivity contribution in [2.24, 2.45) is 0 Å². The Morgan fingerprint density at radius 2 is 1.67 bits per heavy atom. The van der Waals surface area contributed by atoms with Crippen LogP contribution in [-0.2, 0) is 0 Å². The lowest BCUT2D eigenvalue weighted by Crippen LogP contribution is -2.31. The third kappa shape index (κ3) is 6.11. The third-order valence-corrected chi connectivity index (χ3v) is 5.49. The molecule has 36 heavy (non-hydrogen) atoms. The summed E-state index contributed by atoms with van der Waals surface area (Å²) in [4.78, 5) is 33.7. The maximum Gasteiger partial charge on any atom is 0.255 e. The highest BCUT2D eigenvalue weighted by atomic mass is 16.5. The summed E-state index contributed by atoms with van der Waals surface area (Å²) in [5.41, 5.74) is 3.95. The fourth-order valence-corrected chi connectivity index (χ4v) is 3.62. The average Bonchev–Trinajstić information content (AvgIpc) is 2.93. The molecular weight excluding hydrogens is 456 g/mol. The van der Waals surface area contributed by atoms with Gasteiger partial charge < -0.3 is 20.5 Å². The number of carbonyl (C=O) groups is 2. The lowest BCUT2D eigenvalue weighted by atomic mass is 10.0. The van der Waals surface area contributed by atoms with Crippen molar-refractivity contribution in [2.75, 3.05) is 18.5 Å². The number of aliphatic hydroxyl groups excluding tert-OH is 1. The number of rotatable bonds is 9. The van der Waals surface area contributed by atoms with Crippen molar-refractivity contribution in [3.8, 4) is 17.0 Å². The Bertz CT molecular complexity index is 1310. The summed E-state index contributed by atoms with van der Waals surface area (Å²) >= 11 is 0. The highest BCUT2D eigenvalue weighted by Crippen LogP contribution is 2.20.